The molecule has 0 aromatic carbocycles. The topological polar surface area (TPSA) is 26.3 Å². The van der Waals surface area contributed by atoms with Crippen molar-refractivity contribution in [3.05, 3.63) is 0 Å². The van der Waals surface area contributed by atoms with E-state index in [1.807, 2.05) is 13.8 Å². The van der Waals surface area contributed by atoms with Gasteiger partial charge in [0.15, 0.2) is 5.78 Å². The lowest BCUT2D eigenvalue weighted by molar-refractivity contribution is -0.162. The average Bonchev–Trinajstić information content (AvgIpc) is 2.60. The van der Waals surface area contributed by atoms with Crippen LogP contribution in [0.15, 0.2) is 0 Å². The monoisotopic (exact) mass is 210 g/mol. The number of ketones is 1. The van der Waals surface area contributed by atoms with E-state index in [2.05, 4.69) is 0 Å². The van der Waals surface area contributed by atoms with E-state index in [0.29, 0.717) is 11.9 Å². The minimum Gasteiger partial charge on any atom is -0.364 e. The van der Waals surface area contributed by atoms with Gasteiger partial charge in [-0.3, -0.25) is 4.79 Å². The van der Waals surface area contributed by atoms with Crippen molar-refractivity contribution < 1.29 is 9.53 Å². The number of carbonyl (C=O) groups is 1. The fourth-order valence-corrected chi connectivity index (χ4v) is 2.70. The van der Waals surface area contributed by atoms with E-state index in [4.69, 9.17) is 4.74 Å². The van der Waals surface area contributed by atoms with Crippen LogP contribution in [0.2, 0.25) is 0 Å². The molecule has 0 atom stereocenters. The quantitative estimate of drug-likeness (QED) is 0.712. The molecule has 0 amide bonds. The Morgan fingerprint density at radius 2 is 1.80 bits per heavy atom. The largest absolute Gasteiger partial charge is 0.364 e. The van der Waals surface area contributed by atoms with Crippen molar-refractivity contribution in [2.75, 3.05) is 0 Å². The van der Waals surface area contributed by atoms with Crippen molar-refractivity contribution in [1.82, 2.24) is 0 Å². The Kier molecular flexibility index (Phi) is 3.15. The standard InChI is InChI=1S/C13H22O2/c1-10(2)12(14)13(8-3-4-9-13)15-11-6-5-7-11/h10-11H,3-9H2,1-2H3. The highest BCUT2D eigenvalue weighted by Crippen LogP contribution is 2.40. The summed E-state index contributed by atoms with van der Waals surface area (Å²) in [5.74, 6) is 0.454. The molecule has 2 fully saturated rings. The van der Waals surface area contributed by atoms with E-state index in [1.54, 1.807) is 0 Å². The number of hydrogen-bond acceptors (Lipinski definition) is 2. The number of hydrogen-bond donors (Lipinski definition) is 0. The minimum atomic E-state index is -0.390. The molecule has 0 aromatic heterocycles. The van der Waals surface area contributed by atoms with E-state index in [9.17, 15) is 4.79 Å². The molecule has 0 saturated heterocycles. The Morgan fingerprint density at radius 3 is 2.20 bits per heavy atom. The van der Waals surface area contributed by atoms with Crippen LogP contribution < -0.4 is 0 Å². The predicted molar refractivity (Wildman–Crippen MR) is 59.8 cm³/mol. The summed E-state index contributed by atoms with van der Waals surface area (Å²) in [6, 6.07) is 0. The summed E-state index contributed by atoms with van der Waals surface area (Å²) in [6.45, 7) is 3.99. The third-order valence-electron chi connectivity index (χ3n) is 3.83. The third-order valence-corrected chi connectivity index (χ3v) is 3.83. The number of Topliss-reactive ketones (excluding diaryl/α,β-unsaturated/α-hetero) is 1. The molecule has 0 unspecified atom stereocenters. The van der Waals surface area contributed by atoms with Gasteiger partial charge in [0.2, 0.25) is 0 Å². The maximum atomic E-state index is 12.2. The van der Waals surface area contributed by atoms with Gasteiger partial charge in [-0.25, -0.2) is 0 Å². The zero-order valence-corrected chi connectivity index (χ0v) is 9.92. The summed E-state index contributed by atoms with van der Waals surface area (Å²) in [7, 11) is 0. The predicted octanol–water partition coefficient (Wildman–Crippen LogP) is 3.09. The molecule has 2 saturated carbocycles. The molecule has 2 rings (SSSR count). The first-order valence-corrected chi connectivity index (χ1v) is 6.36. The Balaban J connectivity index is 2.04. The molecule has 0 aromatic rings. The maximum absolute atomic E-state index is 12.2. The Hall–Kier alpha value is -0.370. The molecule has 2 aliphatic carbocycles. The summed E-state index contributed by atoms with van der Waals surface area (Å²) < 4.78 is 6.11. The first-order chi connectivity index (χ1) is 7.14. The average molecular weight is 210 g/mol. The highest BCUT2D eigenvalue weighted by Gasteiger charge is 2.45. The number of carbonyl (C=O) groups excluding carboxylic acids is 1. The van der Waals surface area contributed by atoms with Crippen LogP contribution in [0.4, 0.5) is 0 Å². The first-order valence-electron chi connectivity index (χ1n) is 6.36. The summed E-state index contributed by atoms with van der Waals surface area (Å²) >= 11 is 0. The summed E-state index contributed by atoms with van der Waals surface area (Å²) in [4.78, 5) is 12.2. The second-order valence-electron chi connectivity index (χ2n) is 5.39. The van der Waals surface area contributed by atoms with Gasteiger partial charge in [-0.1, -0.05) is 13.8 Å². The zero-order valence-electron chi connectivity index (χ0n) is 9.92. The van der Waals surface area contributed by atoms with Crippen LogP contribution in [-0.4, -0.2) is 17.5 Å². The lowest BCUT2D eigenvalue weighted by atomic mass is 9.87. The first kappa shape index (κ1) is 11.1. The van der Waals surface area contributed by atoms with Gasteiger partial charge >= 0.3 is 0 Å². The van der Waals surface area contributed by atoms with Crippen molar-refractivity contribution in [2.45, 2.75) is 70.5 Å². The van der Waals surface area contributed by atoms with E-state index in [1.165, 1.54) is 6.42 Å². The van der Waals surface area contributed by atoms with Crippen LogP contribution in [-0.2, 0) is 9.53 Å². The van der Waals surface area contributed by atoms with Gasteiger partial charge in [-0.15, -0.1) is 0 Å². The third kappa shape index (κ3) is 2.10. The molecule has 0 spiro atoms. The second kappa shape index (κ2) is 4.25. The molecule has 2 aliphatic rings. The molecule has 2 heteroatoms. The van der Waals surface area contributed by atoms with Gasteiger partial charge in [-0.05, 0) is 44.9 Å². The van der Waals surface area contributed by atoms with Crippen LogP contribution in [0.5, 0.6) is 0 Å². The Morgan fingerprint density at radius 1 is 1.20 bits per heavy atom. The van der Waals surface area contributed by atoms with Gasteiger partial charge in [0.25, 0.3) is 0 Å². The van der Waals surface area contributed by atoms with E-state index in [0.717, 1.165) is 38.5 Å². The van der Waals surface area contributed by atoms with Gasteiger partial charge in [-0.2, -0.15) is 0 Å². The second-order valence-corrected chi connectivity index (χ2v) is 5.39. The molecule has 0 radical (unpaired) electrons. The molecule has 2 nitrogen and oxygen atoms in total. The SMILES string of the molecule is CC(C)C(=O)C1(OC2CCC2)CCCC1. The lowest BCUT2D eigenvalue weighted by Gasteiger charge is -2.37. The van der Waals surface area contributed by atoms with Gasteiger partial charge in [0.05, 0.1) is 6.10 Å². The maximum Gasteiger partial charge on any atom is 0.167 e. The van der Waals surface area contributed by atoms with Gasteiger partial charge < -0.3 is 4.74 Å². The molecule has 0 bridgehead atoms. The summed E-state index contributed by atoms with van der Waals surface area (Å²) in [5, 5.41) is 0. The van der Waals surface area contributed by atoms with Crippen molar-refractivity contribution in [2.24, 2.45) is 5.92 Å². The van der Waals surface area contributed by atoms with E-state index >= 15 is 0 Å². The molecular formula is C13H22O2. The fraction of sp³-hybridized carbons (Fsp3) is 0.923. The molecular weight excluding hydrogens is 188 g/mol. The molecule has 0 heterocycles. The van der Waals surface area contributed by atoms with E-state index < -0.39 is 0 Å². The molecule has 0 aliphatic heterocycles. The highest BCUT2D eigenvalue weighted by atomic mass is 16.5. The number of rotatable bonds is 4. The normalized spacial score (nSPS) is 25.5. The minimum absolute atomic E-state index is 0.114. The molecule has 15 heavy (non-hydrogen) atoms. The zero-order chi connectivity index (χ0) is 10.9. The van der Waals surface area contributed by atoms with Gasteiger partial charge in [0, 0.05) is 5.92 Å². The highest BCUT2D eigenvalue weighted by molar-refractivity contribution is 5.89. The van der Waals surface area contributed by atoms with Crippen molar-refractivity contribution in [1.29, 1.82) is 0 Å². The Labute approximate surface area is 92.4 Å². The van der Waals surface area contributed by atoms with Crippen LogP contribution in [0.25, 0.3) is 0 Å². The lowest BCUT2D eigenvalue weighted by Crippen LogP contribution is -2.45. The Bertz CT molecular complexity index is 235. The van der Waals surface area contributed by atoms with Crippen LogP contribution >= 0.6 is 0 Å². The van der Waals surface area contributed by atoms with Crippen molar-refractivity contribution in [3.63, 3.8) is 0 Å². The van der Waals surface area contributed by atoms with Crippen LogP contribution in [0, 0.1) is 5.92 Å². The fourth-order valence-electron chi connectivity index (χ4n) is 2.70. The van der Waals surface area contributed by atoms with Crippen molar-refractivity contribution in [3.8, 4) is 0 Å². The smallest absolute Gasteiger partial charge is 0.167 e. The summed E-state index contributed by atoms with van der Waals surface area (Å²) in [6.07, 6.45) is 8.21. The van der Waals surface area contributed by atoms with Crippen molar-refractivity contribution >= 4 is 5.78 Å². The molecule has 0 N–H and O–H groups in total. The van der Waals surface area contributed by atoms with Crippen LogP contribution in [0.1, 0.15) is 58.8 Å². The van der Waals surface area contributed by atoms with Gasteiger partial charge in [0.1, 0.15) is 5.60 Å². The number of ether oxygens (including phenoxy) is 1. The molecule has 86 valence electrons. The summed E-state index contributed by atoms with van der Waals surface area (Å²) in [5.41, 5.74) is -0.390. The van der Waals surface area contributed by atoms with E-state index in [-0.39, 0.29) is 11.5 Å². The van der Waals surface area contributed by atoms with Crippen LogP contribution in [0.3, 0.4) is 0 Å².